The summed E-state index contributed by atoms with van der Waals surface area (Å²) in [6.07, 6.45) is -0.477. The summed E-state index contributed by atoms with van der Waals surface area (Å²) in [5.41, 5.74) is 1.15. The second-order valence-electron chi connectivity index (χ2n) is 5.65. The summed E-state index contributed by atoms with van der Waals surface area (Å²) in [7, 11) is 0. The fourth-order valence-corrected chi connectivity index (χ4v) is 2.59. The van der Waals surface area contributed by atoms with Crippen LogP contribution in [0.25, 0.3) is 0 Å². The van der Waals surface area contributed by atoms with E-state index in [2.05, 4.69) is 9.80 Å². The SMILES string of the molecule is Cc1cccc(OC[C@@H](O)CN2CCN(CCO)CC2)c1. The lowest BCUT2D eigenvalue weighted by molar-refractivity contribution is 0.0428. The third-order valence-corrected chi connectivity index (χ3v) is 3.78. The van der Waals surface area contributed by atoms with Gasteiger partial charge in [0.2, 0.25) is 0 Å². The molecule has 0 aromatic heterocycles. The fourth-order valence-electron chi connectivity index (χ4n) is 2.59. The number of benzene rings is 1. The Morgan fingerprint density at radius 3 is 2.57 bits per heavy atom. The van der Waals surface area contributed by atoms with Gasteiger partial charge < -0.3 is 14.9 Å². The van der Waals surface area contributed by atoms with Gasteiger partial charge in [-0.05, 0) is 24.6 Å². The van der Waals surface area contributed by atoms with Crippen molar-refractivity contribution in [3.8, 4) is 5.75 Å². The Labute approximate surface area is 126 Å². The number of hydrogen-bond donors (Lipinski definition) is 2. The van der Waals surface area contributed by atoms with Gasteiger partial charge in [0.1, 0.15) is 18.5 Å². The summed E-state index contributed by atoms with van der Waals surface area (Å²) in [6.45, 7) is 7.70. The van der Waals surface area contributed by atoms with Crippen LogP contribution >= 0.6 is 0 Å². The summed E-state index contributed by atoms with van der Waals surface area (Å²) >= 11 is 0. The summed E-state index contributed by atoms with van der Waals surface area (Å²) in [5, 5.41) is 19.0. The number of aryl methyl sites for hydroxylation is 1. The van der Waals surface area contributed by atoms with Crippen LogP contribution in [-0.2, 0) is 0 Å². The van der Waals surface area contributed by atoms with Crippen LogP contribution in [0.5, 0.6) is 5.75 Å². The Hall–Kier alpha value is -1.14. The van der Waals surface area contributed by atoms with Crippen LogP contribution in [0.3, 0.4) is 0 Å². The molecule has 1 saturated heterocycles. The summed E-state index contributed by atoms with van der Waals surface area (Å²) in [6, 6.07) is 7.86. The van der Waals surface area contributed by atoms with E-state index >= 15 is 0 Å². The summed E-state index contributed by atoms with van der Waals surface area (Å²) in [4.78, 5) is 4.49. The van der Waals surface area contributed by atoms with Gasteiger partial charge in [0.25, 0.3) is 0 Å². The van der Waals surface area contributed by atoms with E-state index in [0.717, 1.165) is 44.0 Å². The van der Waals surface area contributed by atoms with Gasteiger partial charge >= 0.3 is 0 Å². The second-order valence-corrected chi connectivity index (χ2v) is 5.65. The molecule has 0 unspecified atom stereocenters. The molecule has 118 valence electrons. The first-order chi connectivity index (χ1) is 10.2. The van der Waals surface area contributed by atoms with E-state index in [1.165, 1.54) is 0 Å². The van der Waals surface area contributed by atoms with Crippen molar-refractivity contribution in [2.45, 2.75) is 13.0 Å². The number of piperazine rings is 1. The van der Waals surface area contributed by atoms with Crippen LogP contribution in [0, 0.1) is 6.92 Å². The molecule has 0 radical (unpaired) electrons. The minimum atomic E-state index is -0.477. The quantitative estimate of drug-likeness (QED) is 0.760. The maximum atomic E-state index is 10.1. The number of rotatable bonds is 7. The van der Waals surface area contributed by atoms with Crippen molar-refractivity contribution in [2.75, 3.05) is 52.5 Å². The second kappa shape index (κ2) is 8.34. The first-order valence-corrected chi connectivity index (χ1v) is 7.60. The molecule has 0 amide bonds. The predicted molar refractivity (Wildman–Crippen MR) is 82.6 cm³/mol. The number of β-amino-alcohol motifs (C(OH)–C–C–N with tert-alkyl or cyclic N) is 2. The van der Waals surface area contributed by atoms with Crippen molar-refractivity contribution in [1.29, 1.82) is 0 Å². The third-order valence-electron chi connectivity index (χ3n) is 3.78. The van der Waals surface area contributed by atoms with Gasteiger partial charge in [-0.2, -0.15) is 0 Å². The van der Waals surface area contributed by atoms with Gasteiger partial charge in [-0.3, -0.25) is 9.80 Å². The summed E-state index contributed by atoms with van der Waals surface area (Å²) in [5.74, 6) is 0.807. The van der Waals surface area contributed by atoms with Crippen molar-refractivity contribution in [3.63, 3.8) is 0 Å². The number of aliphatic hydroxyl groups excluding tert-OH is 2. The fraction of sp³-hybridized carbons (Fsp3) is 0.625. The minimum absolute atomic E-state index is 0.215. The number of nitrogens with zero attached hydrogens (tertiary/aromatic N) is 2. The Morgan fingerprint density at radius 2 is 1.90 bits per heavy atom. The van der Waals surface area contributed by atoms with E-state index in [9.17, 15) is 5.11 Å². The standard InChI is InChI=1S/C16H26N2O3/c1-14-3-2-4-16(11-14)21-13-15(20)12-18-7-5-17(6-8-18)9-10-19/h2-4,11,15,19-20H,5-10,12-13H2,1H3/t15-/m0/s1. The number of hydrogen-bond acceptors (Lipinski definition) is 5. The molecule has 5 nitrogen and oxygen atoms in total. The first kappa shape index (κ1) is 16.2. The lowest BCUT2D eigenvalue weighted by atomic mass is 10.2. The van der Waals surface area contributed by atoms with E-state index in [4.69, 9.17) is 9.84 Å². The van der Waals surface area contributed by atoms with E-state index in [-0.39, 0.29) is 6.61 Å². The van der Waals surface area contributed by atoms with Crippen molar-refractivity contribution in [3.05, 3.63) is 29.8 Å². The van der Waals surface area contributed by atoms with Crippen molar-refractivity contribution in [2.24, 2.45) is 0 Å². The highest BCUT2D eigenvalue weighted by molar-refractivity contribution is 5.27. The molecule has 1 heterocycles. The van der Waals surface area contributed by atoms with Gasteiger partial charge in [-0.1, -0.05) is 12.1 Å². The Morgan fingerprint density at radius 1 is 1.19 bits per heavy atom. The maximum absolute atomic E-state index is 10.1. The molecule has 0 aliphatic carbocycles. The van der Waals surface area contributed by atoms with E-state index in [1.807, 2.05) is 31.2 Å². The van der Waals surface area contributed by atoms with Crippen LogP contribution < -0.4 is 4.74 Å². The van der Waals surface area contributed by atoms with E-state index < -0.39 is 6.10 Å². The molecule has 1 aliphatic heterocycles. The molecule has 1 aliphatic rings. The molecule has 0 bridgehead atoms. The highest BCUT2D eigenvalue weighted by atomic mass is 16.5. The maximum Gasteiger partial charge on any atom is 0.119 e. The van der Waals surface area contributed by atoms with Crippen LogP contribution in [0.4, 0.5) is 0 Å². The van der Waals surface area contributed by atoms with Crippen LogP contribution in [0.2, 0.25) is 0 Å². The largest absolute Gasteiger partial charge is 0.491 e. The molecule has 2 N–H and O–H groups in total. The van der Waals surface area contributed by atoms with Crippen molar-refractivity contribution < 1.29 is 14.9 Å². The van der Waals surface area contributed by atoms with Gasteiger partial charge in [0, 0.05) is 39.3 Å². The lowest BCUT2D eigenvalue weighted by Gasteiger charge is -2.35. The molecule has 1 aromatic carbocycles. The van der Waals surface area contributed by atoms with Gasteiger partial charge in [0.05, 0.1) is 6.61 Å². The van der Waals surface area contributed by atoms with Crippen LogP contribution in [-0.4, -0.2) is 78.6 Å². The molecule has 1 aromatic rings. The van der Waals surface area contributed by atoms with Gasteiger partial charge in [0.15, 0.2) is 0 Å². The molecule has 5 heteroatoms. The van der Waals surface area contributed by atoms with Crippen LogP contribution in [0.1, 0.15) is 5.56 Å². The van der Waals surface area contributed by atoms with Crippen molar-refractivity contribution in [1.82, 2.24) is 9.80 Å². The summed E-state index contributed by atoms with van der Waals surface area (Å²) < 4.78 is 5.63. The average Bonchev–Trinajstić information content (AvgIpc) is 2.48. The normalized spacial score (nSPS) is 18.6. The number of aliphatic hydroxyl groups is 2. The molecule has 1 fully saturated rings. The van der Waals surface area contributed by atoms with Gasteiger partial charge in [-0.15, -0.1) is 0 Å². The monoisotopic (exact) mass is 294 g/mol. The van der Waals surface area contributed by atoms with Crippen molar-refractivity contribution >= 4 is 0 Å². The van der Waals surface area contributed by atoms with E-state index in [1.54, 1.807) is 0 Å². The molecule has 0 spiro atoms. The zero-order chi connectivity index (χ0) is 15.1. The Balaban J connectivity index is 1.67. The molecule has 1 atom stereocenters. The Kier molecular flexibility index (Phi) is 6.45. The highest BCUT2D eigenvalue weighted by Crippen LogP contribution is 2.12. The first-order valence-electron chi connectivity index (χ1n) is 7.60. The molecular formula is C16H26N2O3. The minimum Gasteiger partial charge on any atom is -0.491 e. The number of ether oxygens (including phenoxy) is 1. The van der Waals surface area contributed by atoms with Gasteiger partial charge in [-0.25, -0.2) is 0 Å². The Bertz CT molecular complexity index is 420. The highest BCUT2D eigenvalue weighted by Gasteiger charge is 2.19. The van der Waals surface area contributed by atoms with Crippen LogP contribution in [0.15, 0.2) is 24.3 Å². The van der Waals surface area contributed by atoms with E-state index in [0.29, 0.717) is 13.2 Å². The zero-order valence-electron chi connectivity index (χ0n) is 12.7. The average molecular weight is 294 g/mol. The molecule has 2 rings (SSSR count). The lowest BCUT2D eigenvalue weighted by Crippen LogP contribution is -2.49. The molecule has 21 heavy (non-hydrogen) atoms. The molecular weight excluding hydrogens is 268 g/mol. The molecule has 0 saturated carbocycles. The smallest absolute Gasteiger partial charge is 0.119 e. The topological polar surface area (TPSA) is 56.2 Å². The zero-order valence-corrected chi connectivity index (χ0v) is 12.7. The third kappa shape index (κ3) is 5.63. The predicted octanol–water partition coefficient (Wildman–Crippen LogP) is 0.345.